The number of aliphatic hydroxyl groups is 1. The van der Waals surface area contributed by atoms with Crippen LogP contribution in [0.15, 0.2) is 36.7 Å². The number of aromatic nitrogens is 1. The Morgan fingerprint density at radius 3 is 2.79 bits per heavy atom. The van der Waals surface area contributed by atoms with Crippen LogP contribution in [0.3, 0.4) is 0 Å². The third kappa shape index (κ3) is 2.61. The number of carbonyl (C=O) groups is 1. The lowest BCUT2D eigenvalue weighted by molar-refractivity contribution is 0.0600. The molecule has 0 saturated carbocycles. The molecule has 0 atom stereocenters. The standard InChI is InChI=1S/C14H12FNO3/c1-19-14(18)9-2-3-12(13(15)6-9)11-4-5-16-7-10(11)8-17/h2-7,17H,8H2,1H3. The Balaban J connectivity index is 2.49. The number of hydrogen-bond donors (Lipinski definition) is 1. The van der Waals surface area contributed by atoms with Crippen molar-refractivity contribution >= 4 is 5.97 Å². The summed E-state index contributed by atoms with van der Waals surface area (Å²) in [5, 5.41) is 9.21. The first-order valence-corrected chi connectivity index (χ1v) is 5.59. The fourth-order valence-electron chi connectivity index (χ4n) is 1.79. The van der Waals surface area contributed by atoms with Crippen LogP contribution in [-0.2, 0) is 11.3 Å². The molecule has 0 unspecified atom stereocenters. The molecule has 1 aromatic heterocycles. The highest BCUT2D eigenvalue weighted by Crippen LogP contribution is 2.26. The van der Waals surface area contributed by atoms with Crippen molar-refractivity contribution in [3.05, 3.63) is 53.6 Å². The van der Waals surface area contributed by atoms with Crippen molar-refractivity contribution in [2.75, 3.05) is 7.11 Å². The van der Waals surface area contributed by atoms with E-state index in [0.29, 0.717) is 16.7 Å². The third-order valence-electron chi connectivity index (χ3n) is 2.75. The Bertz CT molecular complexity index is 613. The van der Waals surface area contributed by atoms with E-state index in [2.05, 4.69) is 9.72 Å². The number of methoxy groups -OCH3 is 1. The van der Waals surface area contributed by atoms with Crippen molar-refractivity contribution in [1.29, 1.82) is 0 Å². The summed E-state index contributed by atoms with van der Waals surface area (Å²) < 4.78 is 18.6. The predicted octanol–water partition coefficient (Wildman–Crippen LogP) is 2.17. The van der Waals surface area contributed by atoms with Crippen LogP contribution in [0.2, 0.25) is 0 Å². The van der Waals surface area contributed by atoms with Crippen molar-refractivity contribution in [3.63, 3.8) is 0 Å². The van der Waals surface area contributed by atoms with Gasteiger partial charge in [0.05, 0.1) is 19.3 Å². The Morgan fingerprint density at radius 2 is 2.16 bits per heavy atom. The number of aliphatic hydroxyl groups excluding tert-OH is 1. The molecular formula is C14H12FNO3. The SMILES string of the molecule is COC(=O)c1ccc(-c2ccncc2CO)c(F)c1. The molecule has 0 amide bonds. The monoisotopic (exact) mass is 261 g/mol. The van der Waals surface area contributed by atoms with Crippen molar-refractivity contribution < 1.29 is 19.0 Å². The fraction of sp³-hybridized carbons (Fsp3) is 0.143. The van der Waals surface area contributed by atoms with E-state index < -0.39 is 11.8 Å². The summed E-state index contributed by atoms with van der Waals surface area (Å²) in [4.78, 5) is 15.2. The van der Waals surface area contributed by atoms with Gasteiger partial charge in [0.2, 0.25) is 0 Å². The lowest BCUT2D eigenvalue weighted by Gasteiger charge is -2.09. The Labute approximate surface area is 109 Å². The second-order valence-corrected chi connectivity index (χ2v) is 3.88. The van der Waals surface area contributed by atoms with E-state index in [4.69, 9.17) is 0 Å². The van der Waals surface area contributed by atoms with Crippen LogP contribution >= 0.6 is 0 Å². The molecule has 0 saturated heterocycles. The van der Waals surface area contributed by atoms with Gasteiger partial charge in [0.25, 0.3) is 0 Å². The third-order valence-corrected chi connectivity index (χ3v) is 2.75. The molecule has 0 aliphatic heterocycles. The maximum absolute atomic E-state index is 14.0. The maximum atomic E-state index is 14.0. The lowest BCUT2D eigenvalue weighted by atomic mass is 10.00. The molecule has 0 aliphatic rings. The van der Waals surface area contributed by atoms with Gasteiger partial charge in [-0.1, -0.05) is 6.07 Å². The Morgan fingerprint density at radius 1 is 1.37 bits per heavy atom. The molecule has 1 aromatic carbocycles. The normalized spacial score (nSPS) is 10.3. The number of ether oxygens (including phenoxy) is 1. The van der Waals surface area contributed by atoms with Gasteiger partial charge in [-0.3, -0.25) is 4.98 Å². The zero-order valence-corrected chi connectivity index (χ0v) is 10.3. The molecule has 5 heteroatoms. The first-order chi connectivity index (χ1) is 9.17. The van der Waals surface area contributed by atoms with E-state index in [1.807, 2.05) is 0 Å². The minimum Gasteiger partial charge on any atom is -0.465 e. The van der Waals surface area contributed by atoms with Crippen LogP contribution < -0.4 is 0 Å². The summed E-state index contributed by atoms with van der Waals surface area (Å²) in [5.74, 6) is -1.15. The quantitative estimate of drug-likeness (QED) is 0.860. The highest BCUT2D eigenvalue weighted by molar-refractivity contribution is 5.90. The molecule has 1 heterocycles. The summed E-state index contributed by atoms with van der Waals surface area (Å²) in [6.07, 6.45) is 2.99. The number of rotatable bonds is 3. The van der Waals surface area contributed by atoms with Gasteiger partial charge in [-0.2, -0.15) is 0 Å². The van der Waals surface area contributed by atoms with E-state index >= 15 is 0 Å². The highest BCUT2D eigenvalue weighted by Gasteiger charge is 2.13. The predicted molar refractivity (Wildman–Crippen MR) is 66.9 cm³/mol. The Kier molecular flexibility index (Phi) is 3.87. The number of carbonyl (C=O) groups excluding carboxylic acids is 1. The molecule has 19 heavy (non-hydrogen) atoms. The van der Waals surface area contributed by atoms with Crippen molar-refractivity contribution in [2.45, 2.75) is 6.61 Å². The van der Waals surface area contributed by atoms with Gasteiger partial charge in [0.1, 0.15) is 5.82 Å². The van der Waals surface area contributed by atoms with Gasteiger partial charge < -0.3 is 9.84 Å². The van der Waals surface area contributed by atoms with Gasteiger partial charge in [-0.05, 0) is 23.8 Å². The zero-order valence-electron chi connectivity index (χ0n) is 10.3. The van der Waals surface area contributed by atoms with Crippen molar-refractivity contribution in [2.24, 2.45) is 0 Å². The smallest absolute Gasteiger partial charge is 0.337 e. The summed E-state index contributed by atoms with van der Waals surface area (Å²) in [7, 11) is 1.24. The zero-order chi connectivity index (χ0) is 13.8. The second kappa shape index (κ2) is 5.58. The van der Waals surface area contributed by atoms with E-state index in [9.17, 15) is 14.3 Å². The fourth-order valence-corrected chi connectivity index (χ4v) is 1.79. The van der Waals surface area contributed by atoms with Crippen molar-refractivity contribution in [1.82, 2.24) is 4.98 Å². The molecule has 4 nitrogen and oxygen atoms in total. The molecule has 2 rings (SSSR count). The maximum Gasteiger partial charge on any atom is 0.337 e. The van der Waals surface area contributed by atoms with Crippen LogP contribution in [-0.4, -0.2) is 23.2 Å². The second-order valence-electron chi connectivity index (χ2n) is 3.88. The number of pyridine rings is 1. The average molecular weight is 261 g/mol. The Hall–Kier alpha value is -2.27. The van der Waals surface area contributed by atoms with E-state index in [1.54, 1.807) is 6.07 Å². The lowest BCUT2D eigenvalue weighted by Crippen LogP contribution is -2.02. The first-order valence-electron chi connectivity index (χ1n) is 5.59. The van der Waals surface area contributed by atoms with Crippen LogP contribution in [0.25, 0.3) is 11.1 Å². The van der Waals surface area contributed by atoms with Crippen LogP contribution in [0.1, 0.15) is 15.9 Å². The van der Waals surface area contributed by atoms with Gasteiger partial charge >= 0.3 is 5.97 Å². The average Bonchev–Trinajstić information content (AvgIpc) is 2.46. The number of halogens is 1. The summed E-state index contributed by atoms with van der Waals surface area (Å²) in [6, 6.07) is 5.69. The van der Waals surface area contributed by atoms with Crippen LogP contribution in [0.5, 0.6) is 0 Å². The number of esters is 1. The molecule has 98 valence electrons. The molecule has 2 aromatic rings. The van der Waals surface area contributed by atoms with Crippen molar-refractivity contribution in [3.8, 4) is 11.1 Å². The molecular weight excluding hydrogens is 249 g/mol. The molecule has 0 fully saturated rings. The molecule has 0 aliphatic carbocycles. The van der Waals surface area contributed by atoms with Gasteiger partial charge in [-0.25, -0.2) is 9.18 Å². The number of nitrogens with zero attached hydrogens (tertiary/aromatic N) is 1. The summed E-state index contributed by atoms with van der Waals surface area (Å²) in [6.45, 7) is -0.235. The molecule has 0 spiro atoms. The first kappa shape index (κ1) is 13.2. The number of hydrogen-bond acceptors (Lipinski definition) is 4. The minimum atomic E-state index is -0.595. The van der Waals surface area contributed by atoms with Crippen LogP contribution in [0.4, 0.5) is 4.39 Å². The molecule has 0 bridgehead atoms. The van der Waals surface area contributed by atoms with Gasteiger partial charge in [-0.15, -0.1) is 0 Å². The van der Waals surface area contributed by atoms with E-state index in [-0.39, 0.29) is 12.2 Å². The van der Waals surface area contributed by atoms with Gasteiger partial charge in [0, 0.05) is 23.5 Å². The summed E-state index contributed by atoms with van der Waals surface area (Å²) in [5.41, 5.74) is 1.51. The molecule has 0 radical (unpaired) electrons. The largest absolute Gasteiger partial charge is 0.465 e. The van der Waals surface area contributed by atoms with Gasteiger partial charge in [0.15, 0.2) is 0 Å². The highest BCUT2D eigenvalue weighted by atomic mass is 19.1. The molecule has 1 N–H and O–H groups in total. The van der Waals surface area contributed by atoms with E-state index in [0.717, 1.165) is 6.07 Å². The van der Waals surface area contributed by atoms with E-state index in [1.165, 1.54) is 31.6 Å². The number of benzene rings is 1. The topological polar surface area (TPSA) is 59.4 Å². The summed E-state index contributed by atoms with van der Waals surface area (Å²) >= 11 is 0. The minimum absolute atomic E-state index is 0.142. The van der Waals surface area contributed by atoms with Crippen LogP contribution in [0, 0.1) is 5.82 Å².